The molecule has 2 atom stereocenters. The van der Waals surface area contributed by atoms with Crippen molar-refractivity contribution in [1.29, 1.82) is 0 Å². The molecule has 2 heteroatoms. The minimum Gasteiger partial charge on any atom is -0.294 e. The zero-order valence-electron chi connectivity index (χ0n) is 8.54. The van der Waals surface area contributed by atoms with Crippen molar-refractivity contribution in [1.82, 2.24) is 0 Å². The van der Waals surface area contributed by atoms with Crippen molar-refractivity contribution in [3.05, 3.63) is 23.8 Å². The fourth-order valence-electron chi connectivity index (χ4n) is 2.34. The lowest BCUT2D eigenvalue weighted by molar-refractivity contribution is -0.136. The summed E-state index contributed by atoms with van der Waals surface area (Å²) in [6.45, 7) is 3.64. The summed E-state index contributed by atoms with van der Waals surface area (Å²) >= 11 is 0. The minimum atomic E-state index is -0.467. The summed E-state index contributed by atoms with van der Waals surface area (Å²) in [5, 5.41) is 0. The average molecular weight is 190 g/mol. The van der Waals surface area contributed by atoms with Gasteiger partial charge in [-0.1, -0.05) is 19.1 Å². The van der Waals surface area contributed by atoms with Crippen LogP contribution in [0.2, 0.25) is 0 Å². The Bertz CT molecular complexity index is 363. The van der Waals surface area contributed by atoms with Gasteiger partial charge in [0.2, 0.25) is 0 Å². The Kier molecular flexibility index (Phi) is 1.95. The molecule has 0 saturated heterocycles. The van der Waals surface area contributed by atoms with Crippen LogP contribution in [0.3, 0.4) is 0 Å². The molecule has 74 valence electrons. The summed E-state index contributed by atoms with van der Waals surface area (Å²) < 4.78 is 0. The Morgan fingerprint density at radius 1 is 1.36 bits per heavy atom. The van der Waals surface area contributed by atoms with Crippen LogP contribution in [0.4, 0.5) is 0 Å². The van der Waals surface area contributed by atoms with Crippen LogP contribution in [-0.4, -0.2) is 11.6 Å². The number of allylic oxidation sites excluding steroid dienone is 4. The maximum Gasteiger partial charge on any atom is 0.163 e. The van der Waals surface area contributed by atoms with Crippen LogP contribution < -0.4 is 0 Å². The molecule has 2 aliphatic rings. The first-order valence-corrected chi connectivity index (χ1v) is 4.97. The lowest BCUT2D eigenvalue weighted by atomic mass is 9.62. The number of rotatable bonds is 0. The molecule has 0 aromatic rings. The largest absolute Gasteiger partial charge is 0.294 e. The summed E-state index contributed by atoms with van der Waals surface area (Å²) in [6.07, 6.45) is 6.95. The SMILES string of the molecule is CC1=CC(=O)[C@@]2(C)CC=CC[C@@H]2C1=O. The fraction of sp³-hybridized carbons (Fsp3) is 0.500. The standard InChI is InChI=1S/C12H14O2/c1-8-7-10(13)12(2)6-4-3-5-9(12)11(8)14/h3-4,7,9H,5-6H2,1-2H3/t9-,12+/m1/s1. The van der Waals surface area contributed by atoms with Gasteiger partial charge in [-0.3, -0.25) is 9.59 Å². The first-order chi connectivity index (χ1) is 6.55. The maximum atomic E-state index is 11.9. The van der Waals surface area contributed by atoms with Gasteiger partial charge in [-0.05, 0) is 31.4 Å². The van der Waals surface area contributed by atoms with Crippen molar-refractivity contribution in [2.24, 2.45) is 11.3 Å². The van der Waals surface area contributed by atoms with E-state index in [9.17, 15) is 9.59 Å². The molecule has 2 aliphatic carbocycles. The summed E-state index contributed by atoms with van der Waals surface area (Å²) in [4.78, 5) is 23.7. The average Bonchev–Trinajstić information content (AvgIpc) is 2.15. The van der Waals surface area contributed by atoms with E-state index in [0.717, 1.165) is 0 Å². The molecule has 0 fully saturated rings. The van der Waals surface area contributed by atoms with Gasteiger partial charge >= 0.3 is 0 Å². The number of carbonyl (C=O) groups is 2. The van der Waals surface area contributed by atoms with Crippen LogP contribution in [-0.2, 0) is 9.59 Å². The predicted molar refractivity (Wildman–Crippen MR) is 53.7 cm³/mol. The summed E-state index contributed by atoms with van der Waals surface area (Å²) in [5.41, 5.74) is 0.151. The van der Waals surface area contributed by atoms with Crippen molar-refractivity contribution in [3.8, 4) is 0 Å². The van der Waals surface area contributed by atoms with E-state index in [4.69, 9.17) is 0 Å². The monoisotopic (exact) mass is 190 g/mol. The van der Waals surface area contributed by atoms with Crippen LogP contribution in [0.15, 0.2) is 23.8 Å². The van der Waals surface area contributed by atoms with Gasteiger partial charge < -0.3 is 0 Å². The van der Waals surface area contributed by atoms with Crippen molar-refractivity contribution < 1.29 is 9.59 Å². The third-order valence-electron chi connectivity index (χ3n) is 3.47. The molecule has 2 rings (SSSR count). The summed E-state index contributed by atoms with van der Waals surface area (Å²) in [5.74, 6) is 0.144. The third kappa shape index (κ3) is 1.10. The van der Waals surface area contributed by atoms with E-state index in [2.05, 4.69) is 0 Å². The fourth-order valence-corrected chi connectivity index (χ4v) is 2.34. The van der Waals surface area contributed by atoms with E-state index < -0.39 is 5.41 Å². The molecule has 0 N–H and O–H groups in total. The molecular weight excluding hydrogens is 176 g/mol. The van der Waals surface area contributed by atoms with Gasteiger partial charge in [0.25, 0.3) is 0 Å². The van der Waals surface area contributed by atoms with Gasteiger partial charge in [-0.2, -0.15) is 0 Å². The van der Waals surface area contributed by atoms with Crippen LogP contribution in [0.5, 0.6) is 0 Å². The number of Topliss-reactive ketones (excluding diaryl/α,β-unsaturated/α-hetero) is 1. The van der Waals surface area contributed by atoms with Gasteiger partial charge in [-0.25, -0.2) is 0 Å². The second kappa shape index (κ2) is 2.91. The number of carbonyl (C=O) groups excluding carboxylic acids is 2. The smallest absolute Gasteiger partial charge is 0.163 e. The molecule has 0 radical (unpaired) electrons. The molecular formula is C12H14O2. The second-order valence-corrected chi connectivity index (χ2v) is 4.44. The Hall–Kier alpha value is -1.18. The van der Waals surface area contributed by atoms with E-state index in [0.29, 0.717) is 18.4 Å². The van der Waals surface area contributed by atoms with E-state index in [1.807, 2.05) is 19.1 Å². The molecule has 0 saturated carbocycles. The molecule has 0 aromatic carbocycles. The third-order valence-corrected chi connectivity index (χ3v) is 3.47. The van der Waals surface area contributed by atoms with Crippen molar-refractivity contribution in [2.75, 3.05) is 0 Å². The Labute approximate surface area is 83.7 Å². The zero-order valence-corrected chi connectivity index (χ0v) is 8.54. The van der Waals surface area contributed by atoms with Gasteiger partial charge in [0.15, 0.2) is 11.6 Å². The number of hydrogen-bond donors (Lipinski definition) is 0. The summed E-state index contributed by atoms with van der Waals surface area (Å²) in [7, 11) is 0. The van der Waals surface area contributed by atoms with Crippen LogP contribution in [0, 0.1) is 11.3 Å². The Balaban J connectivity index is 2.49. The van der Waals surface area contributed by atoms with Gasteiger partial charge in [0.1, 0.15) is 0 Å². The highest BCUT2D eigenvalue weighted by atomic mass is 16.1. The topological polar surface area (TPSA) is 34.1 Å². The van der Waals surface area contributed by atoms with Crippen molar-refractivity contribution >= 4 is 11.6 Å². The van der Waals surface area contributed by atoms with E-state index in [1.165, 1.54) is 6.08 Å². The highest BCUT2D eigenvalue weighted by Gasteiger charge is 2.46. The van der Waals surface area contributed by atoms with E-state index in [-0.39, 0.29) is 17.5 Å². The second-order valence-electron chi connectivity index (χ2n) is 4.44. The molecule has 0 amide bonds. The van der Waals surface area contributed by atoms with Gasteiger partial charge in [0.05, 0.1) is 0 Å². The van der Waals surface area contributed by atoms with Crippen LogP contribution >= 0.6 is 0 Å². The van der Waals surface area contributed by atoms with Crippen LogP contribution in [0.1, 0.15) is 26.7 Å². The van der Waals surface area contributed by atoms with Gasteiger partial charge in [-0.15, -0.1) is 0 Å². The zero-order chi connectivity index (χ0) is 10.3. The normalized spacial score (nSPS) is 36.7. The summed E-state index contributed by atoms with van der Waals surface area (Å²) in [6, 6.07) is 0. The first kappa shape index (κ1) is 9.38. The number of fused-ring (bicyclic) bond motifs is 1. The molecule has 0 aliphatic heterocycles. The molecule has 0 spiro atoms. The highest BCUT2D eigenvalue weighted by Crippen LogP contribution is 2.43. The Morgan fingerprint density at radius 2 is 2.07 bits per heavy atom. The van der Waals surface area contributed by atoms with E-state index >= 15 is 0 Å². The molecule has 0 aromatic heterocycles. The van der Waals surface area contributed by atoms with Crippen molar-refractivity contribution in [2.45, 2.75) is 26.7 Å². The lowest BCUT2D eigenvalue weighted by Crippen LogP contribution is -2.44. The molecule has 0 heterocycles. The van der Waals surface area contributed by atoms with Crippen molar-refractivity contribution in [3.63, 3.8) is 0 Å². The molecule has 0 bridgehead atoms. The number of ketones is 2. The van der Waals surface area contributed by atoms with Gasteiger partial charge in [0, 0.05) is 11.3 Å². The maximum absolute atomic E-state index is 11.9. The lowest BCUT2D eigenvalue weighted by Gasteiger charge is -2.38. The van der Waals surface area contributed by atoms with E-state index in [1.54, 1.807) is 6.92 Å². The molecule has 0 unspecified atom stereocenters. The Morgan fingerprint density at radius 3 is 2.79 bits per heavy atom. The quantitative estimate of drug-likeness (QED) is 0.548. The predicted octanol–water partition coefficient (Wildman–Crippen LogP) is 2.06. The first-order valence-electron chi connectivity index (χ1n) is 4.97. The minimum absolute atomic E-state index is 0.115. The van der Waals surface area contributed by atoms with Crippen LogP contribution in [0.25, 0.3) is 0 Å². The highest BCUT2D eigenvalue weighted by molar-refractivity contribution is 6.12. The molecule has 14 heavy (non-hydrogen) atoms. The number of hydrogen-bond acceptors (Lipinski definition) is 2. The molecule has 2 nitrogen and oxygen atoms in total.